The smallest absolute Gasteiger partial charge is 0.231 e. The molecule has 0 bridgehead atoms. The Kier molecular flexibility index (Phi) is 3.70. The van der Waals surface area contributed by atoms with Crippen LogP contribution in [0.1, 0.15) is 13.3 Å². The van der Waals surface area contributed by atoms with E-state index in [1.165, 1.54) is 0 Å². The first kappa shape index (κ1) is 12.8. The Morgan fingerprint density at radius 3 is 3.12 bits per heavy atom. The quantitative estimate of drug-likeness (QED) is 0.824. The van der Waals surface area contributed by atoms with E-state index in [2.05, 4.69) is 31.5 Å². The fourth-order valence-corrected chi connectivity index (χ4v) is 2.28. The average molecular weight is 319 g/mol. The molecular formula is C11H13BrClN3O. The van der Waals surface area contributed by atoms with Crippen LogP contribution in [0.3, 0.4) is 0 Å². The van der Waals surface area contributed by atoms with E-state index >= 15 is 0 Å². The van der Waals surface area contributed by atoms with Crippen LogP contribution in [0.5, 0.6) is 0 Å². The topological polar surface area (TPSA) is 54.0 Å². The van der Waals surface area contributed by atoms with Gasteiger partial charge in [-0.3, -0.25) is 4.79 Å². The Labute approximate surface area is 113 Å². The molecule has 1 aromatic rings. The van der Waals surface area contributed by atoms with Gasteiger partial charge in [-0.2, -0.15) is 0 Å². The van der Waals surface area contributed by atoms with Crippen molar-refractivity contribution in [3.05, 3.63) is 21.9 Å². The molecule has 1 aliphatic heterocycles. The van der Waals surface area contributed by atoms with Crippen molar-refractivity contribution in [1.29, 1.82) is 0 Å². The third-order valence-electron chi connectivity index (χ3n) is 2.97. The Hall–Kier alpha value is -0.650. The van der Waals surface area contributed by atoms with E-state index in [1.807, 2.05) is 6.92 Å². The largest absolute Gasteiger partial charge is 0.323 e. The molecular weight excluding hydrogens is 305 g/mol. The standard InChI is InChI=1S/C11H13BrClN3O/c1-11(2-3-14-6-11)10(17)16-8-4-7(12)5-15-9(8)13/h4-5,14H,2-3,6H2,1H3,(H,16,17). The van der Waals surface area contributed by atoms with Crippen LogP contribution in [0.15, 0.2) is 16.7 Å². The summed E-state index contributed by atoms with van der Waals surface area (Å²) in [6.07, 6.45) is 2.43. The third kappa shape index (κ3) is 2.78. The first-order chi connectivity index (χ1) is 8.01. The first-order valence-corrected chi connectivity index (χ1v) is 6.52. The summed E-state index contributed by atoms with van der Waals surface area (Å²) in [4.78, 5) is 16.1. The molecule has 2 N–H and O–H groups in total. The van der Waals surface area contributed by atoms with Gasteiger partial charge in [0.2, 0.25) is 5.91 Å². The molecule has 0 spiro atoms. The SMILES string of the molecule is CC1(C(=O)Nc2cc(Br)cnc2Cl)CCNC1. The molecule has 1 aliphatic rings. The number of nitrogens with one attached hydrogen (secondary N) is 2. The molecule has 1 atom stereocenters. The van der Waals surface area contributed by atoms with E-state index in [9.17, 15) is 4.79 Å². The number of carbonyl (C=O) groups excluding carboxylic acids is 1. The molecule has 2 rings (SSSR count). The number of anilines is 1. The van der Waals surface area contributed by atoms with Gasteiger partial charge in [0.15, 0.2) is 5.15 Å². The van der Waals surface area contributed by atoms with Crippen LogP contribution < -0.4 is 10.6 Å². The maximum absolute atomic E-state index is 12.1. The Morgan fingerprint density at radius 1 is 1.71 bits per heavy atom. The van der Waals surface area contributed by atoms with Gasteiger partial charge >= 0.3 is 0 Å². The molecule has 1 unspecified atom stereocenters. The number of hydrogen-bond acceptors (Lipinski definition) is 3. The molecule has 0 saturated carbocycles. The van der Waals surface area contributed by atoms with Crippen molar-refractivity contribution in [3.8, 4) is 0 Å². The van der Waals surface area contributed by atoms with Crippen molar-refractivity contribution in [1.82, 2.24) is 10.3 Å². The van der Waals surface area contributed by atoms with Gasteiger partial charge in [0, 0.05) is 17.2 Å². The third-order valence-corrected chi connectivity index (χ3v) is 3.71. The van der Waals surface area contributed by atoms with Gasteiger partial charge in [-0.15, -0.1) is 0 Å². The van der Waals surface area contributed by atoms with Crippen LogP contribution in [0.2, 0.25) is 5.15 Å². The lowest BCUT2D eigenvalue weighted by molar-refractivity contribution is -0.123. The lowest BCUT2D eigenvalue weighted by Gasteiger charge is -2.21. The first-order valence-electron chi connectivity index (χ1n) is 5.34. The summed E-state index contributed by atoms with van der Waals surface area (Å²) in [5.74, 6) is -0.0238. The fraction of sp³-hybridized carbons (Fsp3) is 0.455. The second kappa shape index (κ2) is 4.92. The van der Waals surface area contributed by atoms with Crippen molar-refractivity contribution in [2.45, 2.75) is 13.3 Å². The van der Waals surface area contributed by atoms with Gasteiger partial charge in [-0.25, -0.2) is 4.98 Å². The number of pyridine rings is 1. The summed E-state index contributed by atoms with van der Waals surface area (Å²) < 4.78 is 0.784. The molecule has 1 aromatic heterocycles. The molecule has 1 fully saturated rings. The van der Waals surface area contributed by atoms with E-state index in [-0.39, 0.29) is 11.3 Å². The van der Waals surface area contributed by atoms with Gasteiger partial charge in [0.25, 0.3) is 0 Å². The van der Waals surface area contributed by atoms with Crippen LogP contribution in [0.25, 0.3) is 0 Å². The molecule has 17 heavy (non-hydrogen) atoms. The maximum atomic E-state index is 12.1. The maximum Gasteiger partial charge on any atom is 0.231 e. The average Bonchev–Trinajstić information content (AvgIpc) is 2.72. The number of amides is 1. The van der Waals surface area contributed by atoms with Crippen molar-refractivity contribution >= 4 is 39.1 Å². The molecule has 92 valence electrons. The molecule has 0 aromatic carbocycles. The summed E-state index contributed by atoms with van der Waals surface area (Å²) >= 11 is 9.23. The van der Waals surface area contributed by atoms with Crippen molar-refractivity contribution in [2.75, 3.05) is 18.4 Å². The zero-order valence-corrected chi connectivity index (χ0v) is 11.7. The van der Waals surface area contributed by atoms with Gasteiger partial charge in [-0.05, 0) is 41.9 Å². The number of halogens is 2. The predicted octanol–water partition coefficient (Wildman–Crippen LogP) is 2.44. The summed E-state index contributed by atoms with van der Waals surface area (Å²) in [5, 5.41) is 6.32. The van der Waals surface area contributed by atoms with Gasteiger partial charge < -0.3 is 10.6 Å². The van der Waals surface area contributed by atoms with E-state index in [1.54, 1.807) is 12.3 Å². The summed E-state index contributed by atoms with van der Waals surface area (Å²) in [6.45, 7) is 3.51. The highest BCUT2D eigenvalue weighted by Crippen LogP contribution is 2.29. The Morgan fingerprint density at radius 2 is 2.47 bits per heavy atom. The van der Waals surface area contributed by atoms with Crippen molar-refractivity contribution < 1.29 is 4.79 Å². The molecule has 0 aliphatic carbocycles. The monoisotopic (exact) mass is 317 g/mol. The lowest BCUT2D eigenvalue weighted by atomic mass is 9.89. The lowest BCUT2D eigenvalue weighted by Crippen LogP contribution is -2.35. The minimum absolute atomic E-state index is 0.0238. The number of nitrogens with zero attached hydrogens (tertiary/aromatic N) is 1. The number of aromatic nitrogens is 1. The normalized spacial score (nSPS) is 23.7. The molecule has 4 nitrogen and oxygen atoms in total. The van der Waals surface area contributed by atoms with Crippen LogP contribution in [-0.2, 0) is 4.79 Å². The van der Waals surface area contributed by atoms with E-state index in [4.69, 9.17) is 11.6 Å². The second-order valence-electron chi connectivity index (χ2n) is 4.43. The van der Waals surface area contributed by atoms with Gasteiger partial charge in [-0.1, -0.05) is 11.6 Å². The number of rotatable bonds is 2. The number of hydrogen-bond donors (Lipinski definition) is 2. The fourth-order valence-electron chi connectivity index (χ4n) is 1.79. The van der Waals surface area contributed by atoms with Crippen LogP contribution in [0.4, 0.5) is 5.69 Å². The van der Waals surface area contributed by atoms with Crippen molar-refractivity contribution in [2.24, 2.45) is 5.41 Å². The molecule has 1 saturated heterocycles. The molecule has 6 heteroatoms. The van der Waals surface area contributed by atoms with Gasteiger partial charge in [0.1, 0.15) is 0 Å². The van der Waals surface area contributed by atoms with E-state index in [0.29, 0.717) is 17.4 Å². The summed E-state index contributed by atoms with van der Waals surface area (Å²) in [6, 6.07) is 1.75. The zero-order chi connectivity index (χ0) is 12.5. The second-order valence-corrected chi connectivity index (χ2v) is 5.71. The van der Waals surface area contributed by atoms with Crippen LogP contribution in [-0.4, -0.2) is 24.0 Å². The van der Waals surface area contributed by atoms with Gasteiger partial charge in [0.05, 0.1) is 11.1 Å². The van der Waals surface area contributed by atoms with Crippen molar-refractivity contribution in [3.63, 3.8) is 0 Å². The Balaban J connectivity index is 2.15. The Bertz CT molecular complexity index is 446. The minimum Gasteiger partial charge on any atom is -0.323 e. The minimum atomic E-state index is -0.369. The number of carbonyl (C=O) groups is 1. The zero-order valence-electron chi connectivity index (χ0n) is 9.39. The van der Waals surface area contributed by atoms with E-state index in [0.717, 1.165) is 17.4 Å². The highest BCUT2D eigenvalue weighted by molar-refractivity contribution is 9.10. The highest BCUT2D eigenvalue weighted by Gasteiger charge is 2.36. The van der Waals surface area contributed by atoms with E-state index < -0.39 is 0 Å². The van der Waals surface area contributed by atoms with Crippen LogP contribution in [0, 0.1) is 5.41 Å². The van der Waals surface area contributed by atoms with Crippen LogP contribution >= 0.6 is 27.5 Å². The summed E-state index contributed by atoms with van der Waals surface area (Å²) in [7, 11) is 0. The predicted molar refractivity (Wildman–Crippen MR) is 71.2 cm³/mol. The molecule has 1 amide bonds. The molecule has 2 heterocycles. The highest BCUT2D eigenvalue weighted by atomic mass is 79.9. The molecule has 0 radical (unpaired) electrons. The summed E-state index contributed by atoms with van der Waals surface area (Å²) in [5.41, 5.74) is 0.171.